The Bertz CT molecular complexity index is 703. The standard InChI is InChI=1S/C22H26N2/c1-16-8-7-9-17(2)24(16)23-22-20-12-5-3-10-18(20)14-15-19-11-4-6-13-21(19)22/h3-6,10-13,16-17H,7-9,14-15H2,1-2H3. The van der Waals surface area contributed by atoms with Gasteiger partial charge in [-0.2, -0.15) is 5.10 Å². The summed E-state index contributed by atoms with van der Waals surface area (Å²) in [4.78, 5) is 0. The fourth-order valence-corrected chi connectivity index (χ4v) is 4.18. The molecule has 2 nitrogen and oxygen atoms in total. The molecular weight excluding hydrogens is 292 g/mol. The van der Waals surface area contributed by atoms with Crippen molar-refractivity contribution in [3.05, 3.63) is 70.8 Å². The molecule has 2 heteroatoms. The van der Waals surface area contributed by atoms with E-state index in [0.29, 0.717) is 12.1 Å². The monoisotopic (exact) mass is 318 g/mol. The number of aryl methyl sites for hydroxylation is 2. The average molecular weight is 318 g/mol. The maximum Gasteiger partial charge on any atom is 0.0981 e. The Hall–Kier alpha value is -2.09. The molecule has 2 aromatic carbocycles. The SMILES string of the molecule is CC1CCCC(C)N1N=C1c2ccccc2CCc2ccccc21. The molecule has 4 rings (SSSR count). The number of nitrogens with zero attached hydrogens (tertiary/aromatic N) is 2. The summed E-state index contributed by atoms with van der Waals surface area (Å²) in [6.07, 6.45) is 5.99. The van der Waals surface area contributed by atoms with Crippen LogP contribution in [0.15, 0.2) is 53.6 Å². The van der Waals surface area contributed by atoms with Crippen molar-refractivity contribution < 1.29 is 0 Å². The van der Waals surface area contributed by atoms with Crippen molar-refractivity contribution >= 4 is 5.71 Å². The van der Waals surface area contributed by atoms with E-state index < -0.39 is 0 Å². The Labute approximate surface area is 145 Å². The molecule has 0 amide bonds. The zero-order valence-corrected chi connectivity index (χ0v) is 14.7. The van der Waals surface area contributed by atoms with Crippen LogP contribution in [0.3, 0.4) is 0 Å². The van der Waals surface area contributed by atoms with Crippen LogP contribution in [0.25, 0.3) is 0 Å². The molecule has 2 atom stereocenters. The number of rotatable bonds is 1. The number of hydrogen-bond donors (Lipinski definition) is 0. The maximum absolute atomic E-state index is 5.25. The van der Waals surface area contributed by atoms with Crippen LogP contribution in [0.4, 0.5) is 0 Å². The van der Waals surface area contributed by atoms with Gasteiger partial charge in [-0.3, -0.25) is 5.01 Å². The topological polar surface area (TPSA) is 15.6 Å². The minimum atomic E-state index is 0.517. The van der Waals surface area contributed by atoms with E-state index in [9.17, 15) is 0 Å². The van der Waals surface area contributed by atoms with Crippen molar-refractivity contribution in [2.24, 2.45) is 5.10 Å². The van der Waals surface area contributed by atoms with E-state index in [1.165, 1.54) is 47.2 Å². The van der Waals surface area contributed by atoms with Crippen LogP contribution in [0.5, 0.6) is 0 Å². The van der Waals surface area contributed by atoms with Crippen molar-refractivity contribution in [3.8, 4) is 0 Å². The van der Waals surface area contributed by atoms with E-state index in [1.54, 1.807) is 0 Å². The van der Waals surface area contributed by atoms with E-state index >= 15 is 0 Å². The molecule has 0 saturated carbocycles. The summed E-state index contributed by atoms with van der Waals surface area (Å²) in [7, 11) is 0. The second-order valence-electron chi connectivity index (χ2n) is 7.27. The molecule has 2 aliphatic rings. The lowest BCUT2D eigenvalue weighted by Crippen LogP contribution is -2.40. The van der Waals surface area contributed by atoms with Gasteiger partial charge in [0.2, 0.25) is 0 Å². The van der Waals surface area contributed by atoms with Gasteiger partial charge in [-0.05, 0) is 57.1 Å². The van der Waals surface area contributed by atoms with Gasteiger partial charge in [0, 0.05) is 23.2 Å². The lowest BCUT2D eigenvalue weighted by Gasteiger charge is -2.37. The Morgan fingerprint density at radius 2 is 1.29 bits per heavy atom. The van der Waals surface area contributed by atoms with Gasteiger partial charge in [-0.15, -0.1) is 0 Å². The van der Waals surface area contributed by atoms with Gasteiger partial charge < -0.3 is 0 Å². The van der Waals surface area contributed by atoms with Crippen molar-refractivity contribution in [1.29, 1.82) is 0 Å². The molecule has 2 unspecified atom stereocenters. The summed E-state index contributed by atoms with van der Waals surface area (Å²) in [5, 5.41) is 7.61. The van der Waals surface area contributed by atoms with Crippen LogP contribution in [-0.4, -0.2) is 22.8 Å². The van der Waals surface area contributed by atoms with Crippen molar-refractivity contribution in [3.63, 3.8) is 0 Å². The molecule has 1 fully saturated rings. The summed E-state index contributed by atoms with van der Waals surface area (Å²) >= 11 is 0. The molecule has 0 bridgehead atoms. The van der Waals surface area contributed by atoms with Gasteiger partial charge in [0.15, 0.2) is 0 Å². The zero-order valence-electron chi connectivity index (χ0n) is 14.7. The lowest BCUT2D eigenvalue weighted by atomic mass is 9.97. The highest BCUT2D eigenvalue weighted by Crippen LogP contribution is 2.28. The van der Waals surface area contributed by atoms with Gasteiger partial charge in [0.25, 0.3) is 0 Å². The van der Waals surface area contributed by atoms with Gasteiger partial charge in [0.1, 0.15) is 0 Å². The first kappa shape index (κ1) is 15.4. The molecule has 1 heterocycles. The fourth-order valence-electron chi connectivity index (χ4n) is 4.18. The molecule has 0 N–H and O–H groups in total. The number of benzene rings is 2. The Morgan fingerprint density at radius 3 is 1.83 bits per heavy atom. The Morgan fingerprint density at radius 1 is 0.792 bits per heavy atom. The fraction of sp³-hybridized carbons (Fsp3) is 0.409. The highest BCUT2D eigenvalue weighted by molar-refractivity contribution is 6.14. The molecule has 1 aliphatic carbocycles. The third-order valence-electron chi connectivity index (χ3n) is 5.57. The second kappa shape index (κ2) is 6.43. The summed E-state index contributed by atoms with van der Waals surface area (Å²) in [5.41, 5.74) is 6.63. The normalized spacial score (nSPS) is 23.2. The summed E-state index contributed by atoms with van der Waals surface area (Å²) in [6.45, 7) is 4.63. The molecule has 124 valence electrons. The third kappa shape index (κ3) is 2.75. The van der Waals surface area contributed by atoms with Crippen LogP contribution < -0.4 is 0 Å². The summed E-state index contributed by atoms with van der Waals surface area (Å²) in [6, 6.07) is 18.6. The van der Waals surface area contributed by atoms with Crippen molar-refractivity contribution in [2.75, 3.05) is 0 Å². The smallest absolute Gasteiger partial charge is 0.0981 e. The number of fused-ring (bicyclic) bond motifs is 2. The molecule has 0 aromatic heterocycles. The molecule has 2 aromatic rings. The zero-order chi connectivity index (χ0) is 16.5. The van der Waals surface area contributed by atoms with Crippen molar-refractivity contribution in [2.45, 2.75) is 58.0 Å². The number of piperidine rings is 1. The van der Waals surface area contributed by atoms with Gasteiger partial charge in [-0.25, -0.2) is 0 Å². The van der Waals surface area contributed by atoms with Crippen molar-refractivity contribution in [1.82, 2.24) is 5.01 Å². The average Bonchev–Trinajstić information content (AvgIpc) is 2.76. The minimum Gasteiger partial charge on any atom is -0.291 e. The molecule has 24 heavy (non-hydrogen) atoms. The van der Waals surface area contributed by atoms with Crippen LogP contribution in [0.1, 0.15) is 55.4 Å². The minimum absolute atomic E-state index is 0.517. The Kier molecular flexibility index (Phi) is 4.13. The highest BCUT2D eigenvalue weighted by atomic mass is 15.5. The summed E-state index contributed by atoms with van der Waals surface area (Å²) in [5.74, 6) is 0. The number of hydrogen-bond acceptors (Lipinski definition) is 2. The van der Waals surface area contributed by atoms with Gasteiger partial charge in [-0.1, -0.05) is 48.5 Å². The first-order chi connectivity index (χ1) is 11.7. The molecular formula is C22H26N2. The largest absolute Gasteiger partial charge is 0.291 e. The van der Waals surface area contributed by atoms with Crippen LogP contribution in [0.2, 0.25) is 0 Å². The predicted molar refractivity (Wildman–Crippen MR) is 101 cm³/mol. The predicted octanol–water partition coefficient (Wildman–Crippen LogP) is 4.80. The summed E-state index contributed by atoms with van der Waals surface area (Å²) < 4.78 is 0. The molecule has 1 aliphatic heterocycles. The lowest BCUT2D eigenvalue weighted by molar-refractivity contribution is 0.109. The second-order valence-corrected chi connectivity index (χ2v) is 7.27. The first-order valence-electron chi connectivity index (χ1n) is 9.27. The van der Waals surface area contributed by atoms with E-state index in [1.807, 2.05) is 0 Å². The first-order valence-corrected chi connectivity index (χ1v) is 9.27. The number of hydrazone groups is 1. The van der Waals surface area contributed by atoms with Crippen LogP contribution >= 0.6 is 0 Å². The van der Waals surface area contributed by atoms with Gasteiger partial charge in [0.05, 0.1) is 5.71 Å². The van der Waals surface area contributed by atoms with E-state index in [0.717, 1.165) is 12.8 Å². The molecule has 0 radical (unpaired) electrons. The Balaban J connectivity index is 1.88. The van der Waals surface area contributed by atoms with E-state index in [4.69, 9.17) is 5.10 Å². The third-order valence-corrected chi connectivity index (χ3v) is 5.57. The maximum atomic E-state index is 5.25. The van der Waals surface area contributed by atoms with Gasteiger partial charge >= 0.3 is 0 Å². The highest BCUT2D eigenvalue weighted by Gasteiger charge is 2.26. The molecule has 0 spiro atoms. The molecule has 1 saturated heterocycles. The quantitative estimate of drug-likeness (QED) is 0.737. The van der Waals surface area contributed by atoms with E-state index in [-0.39, 0.29) is 0 Å². The van der Waals surface area contributed by atoms with Crippen LogP contribution in [0, 0.1) is 0 Å². The van der Waals surface area contributed by atoms with Crippen LogP contribution in [-0.2, 0) is 12.8 Å². The van der Waals surface area contributed by atoms with E-state index in [2.05, 4.69) is 67.4 Å².